The molecule has 2 aromatic rings. The summed E-state index contributed by atoms with van der Waals surface area (Å²) in [4.78, 5) is 12.8. The van der Waals surface area contributed by atoms with Crippen LogP contribution in [0.3, 0.4) is 0 Å². The van der Waals surface area contributed by atoms with Gasteiger partial charge < -0.3 is 10.1 Å². The molecule has 0 aliphatic carbocycles. The standard InChI is InChI=1S/C21H29N3O4S/c1-14(2)28-17-8-6-15(7-9-17)20(25)22-19-12-18(21(3,4)5)23-24(19)16-10-11-29(26,27)13-16/h6-9,12,14,16H,10-11,13H2,1-5H3,(H,22,25)/t16-/m0/s1. The van der Waals surface area contributed by atoms with Gasteiger partial charge in [0.1, 0.15) is 11.6 Å². The first-order valence-electron chi connectivity index (χ1n) is 9.83. The van der Waals surface area contributed by atoms with Crippen LogP contribution in [0.1, 0.15) is 63.1 Å². The normalized spacial score (nSPS) is 18.8. The van der Waals surface area contributed by atoms with Crippen LogP contribution in [0.2, 0.25) is 0 Å². The summed E-state index contributed by atoms with van der Waals surface area (Å²) in [5.74, 6) is 1.14. The predicted molar refractivity (Wildman–Crippen MR) is 113 cm³/mol. The zero-order valence-electron chi connectivity index (χ0n) is 17.6. The van der Waals surface area contributed by atoms with Crippen molar-refractivity contribution in [3.63, 3.8) is 0 Å². The number of hydrogen-bond acceptors (Lipinski definition) is 5. The molecule has 0 spiro atoms. The molecule has 0 radical (unpaired) electrons. The molecule has 1 aliphatic heterocycles. The van der Waals surface area contributed by atoms with Crippen LogP contribution in [0.15, 0.2) is 30.3 Å². The lowest BCUT2D eigenvalue weighted by atomic mass is 9.92. The molecule has 7 nitrogen and oxygen atoms in total. The maximum Gasteiger partial charge on any atom is 0.256 e. The van der Waals surface area contributed by atoms with Gasteiger partial charge in [0.25, 0.3) is 5.91 Å². The molecule has 1 atom stereocenters. The number of ether oxygens (including phenoxy) is 1. The summed E-state index contributed by atoms with van der Waals surface area (Å²) in [6.07, 6.45) is 0.556. The summed E-state index contributed by atoms with van der Waals surface area (Å²) in [5, 5.41) is 7.55. The predicted octanol–water partition coefficient (Wildman–Crippen LogP) is 3.58. The second-order valence-corrected chi connectivity index (χ2v) is 11.0. The van der Waals surface area contributed by atoms with Gasteiger partial charge in [0.2, 0.25) is 0 Å². The van der Waals surface area contributed by atoms with Gasteiger partial charge in [-0.2, -0.15) is 5.10 Å². The zero-order chi connectivity index (χ0) is 21.4. The molecule has 8 heteroatoms. The Bertz CT molecular complexity index is 986. The number of hydrogen-bond donors (Lipinski definition) is 1. The smallest absolute Gasteiger partial charge is 0.256 e. The third-order valence-electron chi connectivity index (χ3n) is 4.79. The van der Waals surface area contributed by atoms with Crippen LogP contribution in [0, 0.1) is 0 Å². The quantitative estimate of drug-likeness (QED) is 0.800. The van der Waals surface area contributed by atoms with Gasteiger partial charge >= 0.3 is 0 Å². The number of aromatic nitrogens is 2. The summed E-state index contributed by atoms with van der Waals surface area (Å²) < 4.78 is 31.2. The van der Waals surface area contributed by atoms with Crippen molar-refractivity contribution < 1.29 is 17.9 Å². The Balaban J connectivity index is 1.85. The van der Waals surface area contributed by atoms with Gasteiger partial charge in [-0.25, -0.2) is 13.1 Å². The number of amides is 1. The molecule has 1 amide bonds. The number of carbonyl (C=O) groups excluding carboxylic acids is 1. The molecule has 158 valence electrons. The molecule has 3 rings (SSSR count). The van der Waals surface area contributed by atoms with E-state index in [-0.39, 0.29) is 35.0 Å². The van der Waals surface area contributed by atoms with Gasteiger partial charge in [0, 0.05) is 17.0 Å². The first-order chi connectivity index (χ1) is 13.4. The van der Waals surface area contributed by atoms with Crippen LogP contribution >= 0.6 is 0 Å². The Hall–Kier alpha value is -2.35. The lowest BCUT2D eigenvalue weighted by Crippen LogP contribution is -2.20. The average Bonchev–Trinajstić information content (AvgIpc) is 3.17. The van der Waals surface area contributed by atoms with E-state index in [1.165, 1.54) is 0 Å². The maximum absolute atomic E-state index is 12.8. The Kier molecular flexibility index (Phi) is 5.76. The van der Waals surface area contributed by atoms with E-state index in [0.717, 1.165) is 5.69 Å². The lowest BCUT2D eigenvalue weighted by Gasteiger charge is -2.15. The molecule has 0 saturated carbocycles. The monoisotopic (exact) mass is 419 g/mol. The molecule has 1 N–H and O–H groups in total. The van der Waals surface area contributed by atoms with Crippen LogP contribution in [0.4, 0.5) is 5.82 Å². The van der Waals surface area contributed by atoms with Crippen LogP contribution in [0.5, 0.6) is 5.75 Å². The number of anilines is 1. The fourth-order valence-electron chi connectivity index (χ4n) is 3.25. The van der Waals surface area contributed by atoms with Gasteiger partial charge in [0.15, 0.2) is 9.84 Å². The first kappa shape index (κ1) is 21.4. The topological polar surface area (TPSA) is 90.3 Å². The highest BCUT2D eigenvalue weighted by Gasteiger charge is 2.33. The Morgan fingerprint density at radius 2 is 1.90 bits per heavy atom. The Morgan fingerprint density at radius 3 is 2.41 bits per heavy atom. The number of benzene rings is 1. The highest BCUT2D eigenvalue weighted by molar-refractivity contribution is 7.91. The van der Waals surface area contributed by atoms with E-state index in [1.807, 2.05) is 40.7 Å². The molecule has 1 aromatic carbocycles. The number of nitrogens with zero attached hydrogens (tertiary/aromatic N) is 2. The molecule has 0 unspecified atom stereocenters. The van der Waals surface area contributed by atoms with Gasteiger partial charge in [-0.1, -0.05) is 20.8 Å². The number of nitrogens with one attached hydrogen (secondary N) is 1. The van der Waals surface area contributed by atoms with Crippen LogP contribution in [0.25, 0.3) is 0 Å². The summed E-state index contributed by atoms with van der Waals surface area (Å²) >= 11 is 0. The van der Waals surface area contributed by atoms with Crippen LogP contribution < -0.4 is 10.1 Å². The molecule has 2 heterocycles. The second-order valence-electron chi connectivity index (χ2n) is 8.81. The fourth-order valence-corrected chi connectivity index (χ4v) is 4.94. The van der Waals surface area contributed by atoms with E-state index in [4.69, 9.17) is 4.74 Å². The Morgan fingerprint density at radius 1 is 1.24 bits per heavy atom. The average molecular weight is 420 g/mol. The third kappa shape index (κ3) is 5.18. The van der Waals surface area contributed by atoms with Gasteiger partial charge in [-0.3, -0.25) is 4.79 Å². The highest BCUT2D eigenvalue weighted by atomic mass is 32.2. The molecule has 1 aliphatic rings. The molecule has 0 bridgehead atoms. The highest BCUT2D eigenvalue weighted by Crippen LogP contribution is 2.31. The minimum atomic E-state index is -3.07. The molecular weight excluding hydrogens is 390 g/mol. The van der Waals surface area contributed by atoms with E-state index < -0.39 is 9.84 Å². The summed E-state index contributed by atoms with van der Waals surface area (Å²) in [5.41, 5.74) is 1.07. The Labute approximate surface area is 172 Å². The van der Waals surface area contributed by atoms with Crippen LogP contribution in [-0.2, 0) is 15.3 Å². The van der Waals surface area contributed by atoms with Crippen molar-refractivity contribution in [2.24, 2.45) is 0 Å². The lowest BCUT2D eigenvalue weighted by molar-refractivity contribution is 0.102. The van der Waals surface area contributed by atoms with E-state index >= 15 is 0 Å². The molecule has 29 heavy (non-hydrogen) atoms. The SMILES string of the molecule is CC(C)Oc1ccc(C(=O)Nc2cc(C(C)(C)C)nn2[C@H]2CCS(=O)(=O)C2)cc1. The molecule has 1 saturated heterocycles. The molecule has 1 fully saturated rings. The first-order valence-corrected chi connectivity index (χ1v) is 11.7. The summed E-state index contributed by atoms with van der Waals surface area (Å²) in [7, 11) is -3.07. The van der Waals surface area contributed by atoms with Crippen molar-refractivity contribution in [3.05, 3.63) is 41.6 Å². The zero-order valence-corrected chi connectivity index (χ0v) is 18.4. The maximum atomic E-state index is 12.8. The van der Waals surface area contributed by atoms with Crippen molar-refractivity contribution >= 4 is 21.6 Å². The number of sulfone groups is 1. The third-order valence-corrected chi connectivity index (χ3v) is 6.54. The fraction of sp³-hybridized carbons (Fsp3) is 0.524. The van der Waals surface area contributed by atoms with Crippen molar-refractivity contribution in [3.8, 4) is 5.75 Å². The largest absolute Gasteiger partial charge is 0.491 e. The van der Waals surface area contributed by atoms with Crippen molar-refractivity contribution in [2.45, 2.75) is 58.6 Å². The van der Waals surface area contributed by atoms with E-state index in [1.54, 1.807) is 28.9 Å². The van der Waals surface area contributed by atoms with Crippen LogP contribution in [-0.4, -0.2) is 41.7 Å². The molecular formula is C21H29N3O4S. The van der Waals surface area contributed by atoms with Crippen molar-refractivity contribution in [1.29, 1.82) is 0 Å². The van der Waals surface area contributed by atoms with E-state index in [2.05, 4.69) is 10.4 Å². The van der Waals surface area contributed by atoms with E-state index in [9.17, 15) is 13.2 Å². The van der Waals surface area contributed by atoms with Crippen molar-refractivity contribution in [1.82, 2.24) is 9.78 Å². The van der Waals surface area contributed by atoms with Gasteiger partial charge in [-0.15, -0.1) is 0 Å². The minimum Gasteiger partial charge on any atom is -0.491 e. The minimum absolute atomic E-state index is 0.0440. The van der Waals surface area contributed by atoms with E-state index in [0.29, 0.717) is 23.6 Å². The summed E-state index contributed by atoms with van der Waals surface area (Å²) in [6.45, 7) is 9.98. The summed E-state index contributed by atoms with van der Waals surface area (Å²) in [6, 6.07) is 8.50. The number of carbonyl (C=O) groups is 1. The second kappa shape index (κ2) is 7.82. The van der Waals surface area contributed by atoms with Gasteiger partial charge in [-0.05, 0) is 44.5 Å². The van der Waals surface area contributed by atoms with Gasteiger partial charge in [0.05, 0.1) is 29.3 Å². The number of rotatable bonds is 5. The van der Waals surface area contributed by atoms with Crippen molar-refractivity contribution in [2.75, 3.05) is 16.8 Å². The molecule has 1 aromatic heterocycles.